The van der Waals surface area contributed by atoms with Crippen molar-refractivity contribution in [3.05, 3.63) is 52.0 Å². The molecule has 0 aliphatic rings. The monoisotopic (exact) mass is 262 g/mol. The molecule has 0 fully saturated rings. The summed E-state index contributed by atoms with van der Waals surface area (Å²) in [6.45, 7) is 3.54. The zero-order valence-corrected chi connectivity index (χ0v) is 11.5. The van der Waals surface area contributed by atoms with Crippen molar-refractivity contribution in [3.8, 4) is 0 Å². The first-order valence-electron chi connectivity index (χ1n) is 6.00. The molecule has 0 aliphatic carbocycles. The lowest BCUT2D eigenvalue weighted by atomic mass is 10.1. The first kappa shape index (κ1) is 13.2. The van der Waals surface area contributed by atoms with Gasteiger partial charge in [-0.25, -0.2) is 4.98 Å². The van der Waals surface area contributed by atoms with Crippen molar-refractivity contribution in [1.82, 2.24) is 10.3 Å². The SMILES string of the molecule is COCCNC(c1ccccc1)c1nc(C)cs1. The quantitative estimate of drug-likeness (QED) is 0.813. The summed E-state index contributed by atoms with van der Waals surface area (Å²) in [6, 6.07) is 10.5. The summed E-state index contributed by atoms with van der Waals surface area (Å²) in [5, 5.41) is 6.68. The van der Waals surface area contributed by atoms with Crippen LogP contribution in [0.2, 0.25) is 0 Å². The summed E-state index contributed by atoms with van der Waals surface area (Å²) in [4.78, 5) is 4.58. The molecule has 96 valence electrons. The van der Waals surface area contributed by atoms with Gasteiger partial charge >= 0.3 is 0 Å². The minimum atomic E-state index is 0.153. The van der Waals surface area contributed by atoms with Crippen LogP contribution in [-0.4, -0.2) is 25.2 Å². The summed E-state index contributed by atoms with van der Waals surface area (Å²) in [5.41, 5.74) is 2.31. The summed E-state index contributed by atoms with van der Waals surface area (Å²) in [7, 11) is 1.72. The zero-order chi connectivity index (χ0) is 12.8. The largest absolute Gasteiger partial charge is 0.383 e. The van der Waals surface area contributed by atoms with Crippen LogP contribution in [-0.2, 0) is 4.74 Å². The second-order valence-electron chi connectivity index (χ2n) is 4.12. The molecule has 1 unspecified atom stereocenters. The number of benzene rings is 1. The van der Waals surface area contributed by atoms with Gasteiger partial charge in [-0.2, -0.15) is 0 Å². The van der Waals surface area contributed by atoms with Gasteiger partial charge in [-0.3, -0.25) is 0 Å². The molecule has 3 nitrogen and oxygen atoms in total. The minimum absolute atomic E-state index is 0.153. The van der Waals surface area contributed by atoms with E-state index in [1.165, 1.54) is 5.56 Å². The second-order valence-corrected chi connectivity index (χ2v) is 5.01. The highest BCUT2D eigenvalue weighted by Gasteiger charge is 2.16. The average Bonchev–Trinajstić information content (AvgIpc) is 2.82. The first-order chi connectivity index (χ1) is 8.81. The molecule has 2 aromatic rings. The van der Waals surface area contributed by atoms with Gasteiger partial charge in [-0.15, -0.1) is 11.3 Å². The lowest BCUT2D eigenvalue weighted by Crippen LogP contribution is -2.25. The van der Waals surface area contributed by atoms with E-state index in [1.54, 1.807) is 18.4 Å². The Bertz CT molecular complexity index is 470. The van der Waals surface area contributed by atoms with Crippen LogP contribution in [0.15, 0.2) is 35.7 Å². The van der Waals surface area contributed by atoms with E-state index in [2.05, 4.69) is 39.9 Å². The Morgan fingerprint density at radius 1 is 1.33 bits per heavy atom. The van der Waals surface area contributed by atoms with E-state index >= 15 is 0 Å². The fourth-order valence-corrected chi connectivity index (χ4v) is 2.70. The highest BCUT2D eigenvalue weighted by molar-refractivity contribution is 7.09. The Morgan fingerprint density at radius 3 is 2.72 bits per heavy atom. The van der Waals surface area contributed by atoms with Crippen LogP contribution < -0.4 is 5.32 Å². The van der Waals surface area contributed by atoms with Gasteiger partial charge in [-0.1, -0.05) is 30.3 Å². The number of hydrogen-bond donors (Lipinski definition) is 1. The van der Waals surface area contributed by atoms with Crippen molar-refractivity contribution >= 4 is 11.3 Å². The van der Waals surface area contributed by atoms with Crippen molar-refractivity contribution in [2.45, 2.75) is 13.0 Å². The number of aromatic nitrogens is 1. The molecule has 1 aromatic carbocycles. The van der Waals surface area contributed by atoms with E-state index in [1.807, 2.05) is 13.0 Å². The van der Waals surface area contributed by atoms with Gasteiger partial charge in [0.25, 0.3) is 0 Å². The fourth-order valence-electron chi connectivity index (χ4n) is 1.80. The molecule has 1 atom stereocenters. The number of nitrogens with zero attached hydrogens (tertiary/aromatic N) is 1. The van der Waals surface area contributed by atoms with Crippen LogP contribution >= 0.6 is 11.3 Å². The maximum Gasteiger partial charge on any atom is 0.114 e. The maximum atomic E-state index is 5.09. The minimum Gasteiger partial charge on any atom is -0.383 e. The molecular formula is C14H18N2OS. The van der Waals surface area contributed by atoms with Crippen LogP contribution in [0.1, 0.15) is 22.3 Å². The summed E-state index contributed by atoms with van der Waals surface area (Å²) in [5.74, 6) is 0. The highest BCUT2D eigenvalue weighted by Crippen LogP contribution is 2.24. The number of ether oxygens (including phenoxy) is 1. The standard InChI is InChI=1S/C14H18N2OS/c1-11-10-18-14(16-11)13(15-8-9-17-2)12-6-4-3-5-7-12/h3-7,10,13,15H,8-9H2,1-2H3. The molecule has 0 radical (unpaired) electrons. The Morgan fingerprint density at radius 2 is 2.11 bits per heavy atom. The van der Waals surface area contributed by atoms with Crippen LogP contribution in [0.4, 0.5) is 0 Å². The number of hydrogen-bond acceptors (Lipinski definition) is 4. The highest BCUT2D eigenvalue weighted by atomic mass is 32.1. The predicted molar refractivity (Wildman–Crippen MR) is 75.0 cm³/mol. The van der Waals surface area contributed by atoms with Gasteiger partial charge in [0.2, 0.25) is 0 Å². The third kappa shape index (κ3) is 3.38. The molecule has 1 N–H and O–H groups in total. The molecule has 0 aliphatic heterocycles. The smallest absolute Gasteiger partial charge is 0.114 e. The second kappa shape index (κ2) is 6.64. The first-order valence-corrected chi connectivity index (χ1v) is 6.88. The van der Waals surface area contributed by atoms with E-state index in [9.17, 15) is 0 Å². The van der Waals surface area contributed by atoms with Gasteiger partial charge in [0.05, 0.1) is 12.6 Å². The van der Waals surface area contributed by atoms with Gasteiger partial charge in [0, 0.05) is 24.7 Å². The molecule has 0 saturated carbocycles. The summed E-state index contributed by atoms with van der Waals surface area (Å²) >= 11 is 1.70. The van der Waals surface area contributed by atoms with Crippen molar-refractivity contribution < 1.29 is 4.74 Å². The fraction of sp³-hybridized carbons (Fsp3) is 0.357. The van der Waals surface area contributed by atoms with E-state index < -0.39 is 0 Å². The molecule has 0 bridgehead atoms. The normalized spacial score (nSPS) is 12.6. The van der Waals surface area contributed by atoms with Gasteiger partial charge < -0.3 is 10.1 Å². The van der Waals surface area contributed by atoms with Crippen LogP contribution in [0, 0.1) is 6.92 Å². The molecule has 1 heterocycles. The number of nitrogens with one attached hydrogen (secondary N) is 1. The molecular weight excluding hydrogens is 244 g/mol. The van der Waals surface area contributed by atoms with Crippen molar-refractivity contribution in [1.29, 1.82) is 0 Å². The molecule has 1 aromatic heterocycles. The third-order valence-electron chi connectivity index (χ3n) is 2.67. The van der Waals surface area contributed by atoms with Crippen molar-refractivity contribution in [2.24, 2.45) is 0 Å². The predicted octanol–water partition coefficient (Wildman–Crippen LogP) is 2.78. The van der Waals surface area contributed by atoms with Crippen LogP contribution in [0.5, 0.6) is 0 Å². The molecule has 0 amide bonds. The molecule has 0 saturated heterocycles. The van der Waals surface area contributed by atoms with E-state index in [4.69, 9.17) is 4.74 Å². The zero-order valence-electron chi connectivity index (χ0n) is 10.7. The van der Waals surface area contributed by atoms with Crippen LogP contribution in [0.25, 0.3) is 0 Å². The molecule has 0 spiro atoms. The number of aryl methyl sites for hydroxylation is 1. The van der Waals surface area contributed by atoms with Gasteiger partial charge in [-0.05, 0) is 12.5 Å². The Hall–Kier alpha value is -1.23. The molecule has 4 heteroatoms. The lowest BCUT2D eigenvalue weighted by Gasteiger charge is -2.16. The third-order valence-corrected chi connectivity index (χ3v) is 3.70. The topological polar surface area (TPSA) is 34.1 Å². The molecule has 2 rings (SSSR count). The Balaban J connectivity index is 2.18. The summed E-state index contributed by atoms with van der Waals surface area (Å²) < 4.78 is 5.09. The summed E-state index contributed by atoms with van der Waals surface area (Å²) in [6.07, 6.45) is 0. The van der Waals surface area contributed by atoms with Crippen molar-refractivity contribution in [2.75, 3.05) is 20.3 Å². The number of methoxy groups -OCH3 is 1. The van der Waals surface area contributed by atoms with Gasteiger partial charge in [0.15, 0.2) is 0 Å². The average molecular weight is 262 g/mol. The van der Waals surface area contributed by atoms with Gasteiger partial charge in [0.1, 0.15) is 5.01 Å². The maximum absolute atomic E-state index is 5.09. The number of rotatable bonds is 6. The van der Waals surface area contributed by atoms with E-state index in [0.717, 1.165) is 17.2 Å². The van der Waals surface area contributed by atoms with E-state index in [-0.39, 0.29) is 6.04 Å². The van der Waals surface area contributed by atoms with Crippen LogP contribution in [0.3, 0.4) is 0 Å². The molecule has 18 heavy (non-hydrogen) atoms. The lowest BCUT2D eigenvalue weighted by molar-refractivity contribution is 0.197. The Kier molecular flexibility index (Phi) is 4.87. The van der Waals surface area contributed by atoms with E-state index in [0.29, 0.717) is 6.61 Å². The number of thiazole rings is 1. The van der Waals surface area contributed by atoms with Crippen molar-refractivity contribution in [3.63, 3.8) is 0 Å². The Labute approximate surface area is 112 Å².